The fourth-order valence-electron chi connectivity index (χ4n) is 2.54. The highest BCUT2D eigenvalue weighted by Gasteiger charge is 2.24. The minimum absolute atomic E-state index is 0.0225. The van der Waals surface area contributed by atoms with Gasteiger partial charge >= 0.3 is 0 Å². The van der Waals surface area contributed by atoms with E-state index >= 15 is 0 Å². The van der Waals surface area contributed by atoms with Gasteiger partial charge in [-0.2, -0.15) is 0 Å². The van der Waals surface area contributed by atoms with E-state index in [0.29, 0.717) is 22.3 Å². The number of halogens is 1. The molecule has 1 aliphatic heterocycles. The van der Waals surface area contributed by atoms with Crippen LogP contribution in [0, 0.1) is 12.8 Å². The lowest BCUT2D eigenvalue weighted by Crippen LogP contribution is -2.38. The predicted octanol–water partition coefficient (Wildman–Crippen LogP) is 3.53. The van der Waals surface area contributed by atoms with Crippen molar-refractivity contribution in [2.45, 2.75) is 26.7 Å². The van der Waals surface area contributed by atoms with Crippen molar-refractivity contribution in [2.24, 2.45) is 5.92 Å². The van der Waals surface area contributed by atoms with E-state index in [1.165, 1.54) is 0 Å². The smallest absolute Gasteiger partial charge is 0.257 e. The zero-order valence-corrected chi connectivity index (χ0v) is 12.5. The molecule has 3 nitrogen and oxygen atoms in total. The van der Waals surface area contributed by atoms with Crippen molar-refractivity contribution in [1.29, 1.82) is 0 Å². The number of rotatable bonds is 2. The van der Waals surface area contributed by atoms with Crippen LogP contribution >= 0.6 is 11.6 Å². The van der Waals surface area contributed by atoms with E-state index in [2.05, 4.69) is 6.92 Å². The molecule has 104 valence electrons. The van der Waals surface area contributed by atoms with Crippen molar-refractivity contribution in [3.63, 3.8) is 0 Å². The van der Waals surface area contributed by atoms with Crippen LogP contribution < -0.4 is 4.74 Å². The second-order valence-electron chi connectivity index (χ2n) is 5.28. The Morgan fingerprint density at radius 2 is 2.00 bits per heavy atom. The van der Waals surface area contributed by atoms with Crippen LogP contribution in [0.3, 0.4) is 0 Å². The fourth-order valence-corrected chi connectivity index (χ4v) is 2.81. The number of aryl methyl sites for hydroxylation is 1. The number of likely N-dealkylation sites (tertiary alicyclic amines) is 1. The fraction of sp³-hybridized carbons (Fsp3) is 0.533. The number of ether oxygens (including phenoxy) is 1. The summed E-state index contributed by atoms with van der Waals surface area (Å²) in [5, 5.41) is 0.576. The molecule has 1 aromatic rings. The third-order valence-electron chi connectivity index (χ3n) is 3.74. The molecule has 0 bridgehead atoms. The van der Waals surface area contributed by atoms with E-state index in [4.69, 9.17) is 16.3 Å². The maximum absolute atomic E-state index is 12.6. The first kappa shape index (κ1) is 14.2. The Labute approximate surface area is 119 Å². The van der Waals surface area contributed by atoms with Crippen LogP contribution in [0.5, 0.6) is 5.75 Å². The molecule has 0 radical (unpaired) electrons. The highest BCUT2D eigenvalue weighted by atomic mass is 35.5. The first-order valence-electron chi connectivity index (χ1n) is 6.66. The molecule has 1 aliphatic rings. The van der Waals surface area contributed by atoms with E-state index in [-0.39, 0.29) is 5.91 Å². The van der Waals surface area contributed by atoms with Crippen molar-refractivity contribution >= 4 is 17.5 Å². The van der Waals surface area contributed by atoms with Gasteiger partial charge in [0.05, 0.1) is 12.7 Å². The molecule has 0 unspecified atom stereocenters. The molecule has 1 heterocycles. The molecular formula is C15H20ClNO2. The second-order valence-corrected chi connectivity index (χ2v) is 5.71. The van der Waals surface area contributed by atoms with Gasteiger partial charge in [0.25, 0.3) is 5.91 Å². The third-order valence-corrected chi connectivity index (χ3v) is 3.96. The zero-order chi connectivity index (χ0) is 14.0. The van der Waals surface area contributed by atoms with E-state index in [0.717, 1.165) is 31.5 Å². The molecular weight excluding hydrogens is 262 g/mol. The molecule has 1 aromatic carbocycles. The topological polar surface area (TPSA) is 29.5 Å². The molecule has 0 saturated carbocycles. The summed E-state index contributed by atoms with van der Waals surface area (Å²) < 4.78 is 5.36. The lowest BCUT2D eigenvalue weighted by molar-refractivity contribution is 0.0693. The first-order chi connectivity index (χ1) is 9.02. The van der Waals surface area contributed by atoms with Crippen LogP contribution in [-0.4, -0.2) is 31.0 Å². The summed E-state index contributed by atoms with van der Waals surface area (Å²) in [6.45, 7) is 5.76. The van der Waals surface area contributed by atoms with Crippen LogP contribution in [0.1, 0.15) is 35.7 Å². The standard InChI is InChI=1S/C15H20ClNO2/c1-10-4-6-17(7-5-10)15(18)13-9-12(16)8-11(2)14(13)19-3/h8-10H,4-7H2,1-3H3. The molecule has 1 fully saturated rings. The molecule has 1 amide bonds. The number of benzene rings is 1. The maximum atomic E-state index is 12.6. The van der Waals surface area contributed by atoms with Gasteiger partial charge in [-0.05, 0) is 43.4 Å². The largest absolute Gasteiger partial charge is 0.496 e. The Morgan fingerprint density at radius 1 is 1.37 bits per heavy atom. The molecule has 0 aromatic heterocycles. The minimum atomic E-state index is 0.0225. The normalized spacial score (nSPS) is 16.5. The lowest BCUT2D eigenvalue weighted by atomic mass is 9.98. The summed E-state index contributed by atoms with van der Waals surface area (Å²) in [6, 6.07) is 3.52. The Morgan fingerprint density at radius 3 is 2.58 bits per heavy atom. The number of hydrogen-bond donors (Lipinski definition) is 0. The molecule has 19 heavy (non-hydrogen) atoms. The van der Waals surface area contributed by atoms with Crippen LogP contribution in [0.2, 0.25) is 5.02 Å². The molecule has 1 saturated heterocycles. The Balaban J connectivity index is 2.28. The average Bonchev–Trinajstić information content (AvgIpc) is 2.38. The van der Waals surface area contributed by atoms with Crippen LogP contribution in [0.4, 0.5) is 0 Å². The quantitative estimate of drug-likeness (QED) is 0.830. The zero-order valence-electron chi connectivity index (χ0n) is 11.7. The molecule has 0 N–H and O–H groups in total. The van der Waals surface area contributed by atoms with E-state index in [1.54, 1.807) is 13.2 Å². The summed E-state index contributed by atoms with van der Waals surface area (Å²) in [4.78, 5) is 14.5. The summed E-state index contributed by atoms with van der Waals surface area (Å²) in [6.07, 6.45) is 2.13. The number of amides is 1. The Kier molecular flexibility index (Phi) is 4.35. The monoisotopic (exact) mass is 281 g/mol. The van der Waals surface area contributed by atoms with Crippen LogP contribution in [0.15, 0.2) is 12.1 Å². The number of piperidine rings is 1. The molecule has 2 rings (SSSR count). The Hall–Kier alpha value is -1.22. The second kappa shape index (κ2) is 5.83. The molecule has 4 heteroatoms. The van der Waals surface area contributed by atoms with Gasteiger partial charge < -0.3 is 9.64 Å². The summed E-state index contributed by atoms with van der Waals surface area (Å²) in [7, 11) is 1.59. The number of hydrogen-bond acceptors (Lipinski definition) is 2. The number of methoxy groups -OCH3 is 1. The highest BCUT2D eigenvalue weighted by molar-refractivity contribution is 6.31. The molecule has 0 atom stereocenters. The van der Waals surface area contributed by atoms with Crippen molar-refractivity contribution < 1.29 is 9.53 Å². The van der Waals surface area contributed by atoms with Gasteiger partial charge in [-0.15, -0.1) is 0 Å². The minimum Gasteiger partial charge on any atom is -0.496 e. The number of carbonyl (C=O) groups is 1. The predicted molar refractivity (Wildman–Crippen MR) is 77.0 cm³/mol. The number of nitrogens with zero attached hydrogens (tertiary/aromatic N) is 1. The Bertz CT molecular complexity index is 479. The van der Waals surface area contributed by atoms with E-state index in [9.17, 15) is 4.79 Å². The average molecular weight is 282 g/mol. The maximum Gasteiger partial charge on any atom is 0.257 e. The van der Waals surface area contributed by atoms with Crippen LogP contribution in [0.25, 0.3) is 0 Å². The van der Waals surface area contributed by atoms with Gasteiger partial charge in [-0.25, -0.2) is 0 Å². The SMILES string of the molecule is COc1c(C)cc(Cl)cc1C(=O)N1CCC(C)CC1. The van der Waals surface area contributed by atoms with Crippen LogP contribution in [-0.2, 0) is 0 Å². The third kappa shape index (κ3) is 3.03. The summed E-state index contributed by atoms with van der Waals surface area (Å²) in [5.74, 6) is 1.36. The van der Waals surface area contributed by atoms with Gasteiger partial charge in [0.1, 0.15) is 5.75 Å². The summed E-state index contributed by atoms with van der Waals surface area (Å²) in [5.41, 5.74) is 1.46. The lowest BCUT2D eigenvalue weighted by Gasteiger charge is -2.30. The molecule has 0 aliphatic carbocycles. The van der Waals surface area contributed by atoms with Crippen molar-refractivity contribution in [3.8, 4) is 5.75 Å². The van der Waals surface area contributed by atoms with Gasteiger partial charge in [0.2, 0.25) is 0 Å². The molecule has 0 spiro atoms. The van der Waals surface area contributed by atoms with Gasteiger partial charge in [-0.3, -0.25) is 4.79 Å². The van der Waals surface area contributed by atoms with Gasteiger partial charge in [0, 0.05) is 18.1 Å². The first-order valence-corrected chi connectivity index (χ1v) is 7.04. The summed E-state index contributed by atoms with van der Waals surface area (Å²) >= 11 is 6.06. The number of carbonyl (C=O) groups excluding carboxylic acids is 1. The van der Waals surface area contributed by atoms with Crippen molar-refractivity contribution in [3.05, 3.63) is 28.3 Å². The van der Waals surface area contributed by atoms with E-state index < -0.39 is 0 Å². The van der Waals surface area contributed by atoms with Gasteiger partial charge in [0.15, 0.2) is 0 Å². The van der Waals surface area contributed by atoms with Crippen molar-refractivity contribution in [2.75, 3.05) is 20.2 Å². The van der Waals surface area contributed by atoms with E-state index in [1.807, 2.05) is 17.9 Å². The van der Waals surface area contributed by atoms with Crippen molar-refractivity contribution in [1.82, 2.24) is 4.90 Å². The van der Waals surface area contributed by atoms with Gasteiger partial charge in [-0.1, -0.05) is 18.5 Å². The highest BCUT2D eigenvalue weighted by Crippen LogP contribution is 2.29.